The van der Waals surface area contributed by atoms with Crippen LogP contribution in [0.25, 0.3) is 26.4 Å². The molecule has 0 N–H and O–H groups in total. The molecule has 0 aliphatic carbocycles. The van der Waals surface area contributed by atoms with Gasteiger partial charge < -0.3 is 0 Å². The van der Waals surface area contributed by atoms with Gasteiger partial charge in [0.2, 0.25) is 10.8 Å². The summed E-state index contributed by atoms with van der Waals surface area (Å²) in [6.45, 7) is 0. The molecule has 0 fully saturated rings. The number of thiophene rings is 1. The molecule has 0 atom stereocenters. The Kier molecular flexibility index (Phi) is 2.62. The van der Waals surface area contributed by atoms with Gasteiger partial charge in [0.1, 0.15) is 5.69 Å². The first-order chi connectivity index (χ1) is 9.74. The van der Waals surface area contributed by atoms with Crippen LogP contribution in [0.4, 0.5) is 0 Å². The lowest BCUT2D eigenvalue weighted by Gasteiger charge is -1.98. The lowest BCUT2D eigenvalue weighted by atomic mass is 10.4. The first kappa shape index (κ1) is 12.0. The standard InChI is InChI=1S/C11H7ClN6S2/c1-17-8(6(12)5-13-17)9-14-15-11-18(9)16-10(20-11)7-3-2-4-19-7/h2-5H,1H3. The normalized spacial score (nSPS) is 11.5. The molecule has 4 aromatic heterocycles. The molecule has 4 aromatic rings. The fourth-order valence-corrected chi connectivity index (χ4v) is 3.81. The second-order valence-electron chi connectivity index (χ2n) is 4.07. The Bertz CT molecular complexity index is 868. The van der Waals surface area contributed by atoms with Crippen LogP contribution in [0.3, 0.4) is 0 Å². The third kappa shape index (κ3) is 1.69. The van der Waals surface area contributed by atoms with Gasteiger partial charge in [-0.2, -0.15) is 14.7 Å². The molecule has 0 saturated heterocycles. The zero-order valence-electron chi connectivity index (χ0n) is 10.2. The van der Waals surface area contributed by atoms with Crippen LogP contribution in [0.2, 0.25) is 5.02 Å². The van der Waals surface area contributed by atoms with Gasteiger partial charge in [0.15, 0.2) is 5.01 Å². The number of aryl methyl sites for hydroxylation is 1. The van der Waals surface area contributed by atoms with Crippen LogP contribution < -0.4 is 0 Å². The second-order valence-corrected chi connectivity index (χ2v) is 6.38. The van der Waals surface area contributed by atoms with Crippen LogP contribution >= 0.6 is 34.3 Å². The predicted molar refractivity (Wildman–Crippen MR) is 79.2 cm³/mol. The second kappa shape index (κ2) is 4.37. The first-order valence-corrected chi connectivity index (χ1v) is 7.75. The number of aromatic nitrogens is 6. The molecule has 100 valence electrons. The van der Waals surface area contributed by atoms with Crippen molar-refractivity contribution in [2.24, 2.45) is 7.05 Å². The number of nitrogens with zero attached hydrogens (tertiary/aromatic N) is 6. The van der Waals surface area contributed by atoms with Gasteiger partial charge in [-0.1, -0.05) is 29.0 Å². The van der Waals surface area contributed by atoms with Gasteiger partial charge in [0.05, 0.1) is 16.1 Å². The van der Waals surface area contributed by atoms with Gasteiger partial charge in [0.25, 0.3) is 0 Å². The Morgan fingerprint density at radius 1 is 1.30 bits per heavy atom. The maximum Gasteiger partial charge on any atom is 0.235 e. The molecule has 4 rings (SSSR count). The number of halogens is 1. The summed E-state index contributed by atoms with van der Waals surface area (Å²) in [7, 11) is 1.81. The monoisotopic (exact) mass is 322 g/mol. The summed E-state index contributed by atoms with van der Waals surface area (Å²) >= 11 is 9.30. The first-order valence-electron chi connectivity index (χ1n) is 5.68. The van der Waals surface area contributed by atoms with E-state index in [1.54, 1.807) is 26.7 Å². The van der Waals surface area contributed by atoms with E-state index in [4.69, 9.17) is 11.6 Å². The number of rotatable bonds is 2. The topological polar surface area (TPSA) is 60.9 Å². The molecule has 0 aliphatic rings. The Balaban J connectivity index is 1.94. The van der Waals surface area contributed by atoms with Crippen molar-refractivity contribution in [2.75, 3.05) is 0 Å². The molecule has 4 heterocycles. The van der Waals surface area contributed by atoms with Crippen LogP contribution in [-0.4, -0.2) is 29.6 Å². The highest BCUT2D eigenvalue weighted by atomic mass is 35.5. The van der Waals surface area contributed by atoms with E-state index in [1.165, 1.54) is 11.3 Å². The highest BCUT2D eigenvalue weighted by Gasteiger charge is 2.19. The molecule has 0 bridgehead atoms. The Labute approximate surface area is 126 Å². The molecule has 0 aromatic carbocycles. The molecule has 0 spiro atoms. The molecule has 20 heavy (non-hydrogen) atoms. The van der Waals surface area contributed by atoms with Crippen molar-refractivity contribution in [3.63, 3.8) is 0 Å². The van der Waals surface area contributed by atoms with Crippen LogP contribution in [0.5, 0.6) is 0 Å². The van der Waals surface area contributed by atoms with Gasteiger partial charge in [-0.3, -0.25) is 4.68 Å². The van der Waals surface area contributed by atoms with E-state index in [9.17, 15) is 0 Å². The molecule has 0 radical (unpaired) electrons. The highest BCUT2D eigenvalue weighted by molar-refractivity contribution is 7.23. The minimum absolute atomic E-state index is 0.535. The fraction of sp³-hybridized carbons (Fsp3) is 0.0909. The van der Waals surface area contributed by atoms with E-state index in [0.29, 0.717) is 16.5 Å². The number of hydrogen-bond acceptors (Lipinski definition) is 6. The molecular weight excluding hydrogens is 316 g/mol. The number of hydrogen-bond donors (Lipinski definition) is 0. The summed E-state index contributed by atoms with van der Waals surface area (Å²) in [5.74, 6) is 0.601. The summed E-state index contributed by atoms with van der Waals surface area (Å²) in [4.78, 5) is 1.85. The van der Waals surface area contributed by atoms with Gasteiger partial charge in [-0.25, -0.2) is 0 Å². The lowest BCUT2D eigenvalue weighted by Crippen LogP contribution is -1.98. The SMILES string of the molecule is Cn1ncc(Cl)c1-c1nnc2sc(-c3cccs3)nn12. The van der Waals surface area contributed by atoms with Gasteiger partial charge in [-0.15, -0.1) is 21.5 Å². The van der Waals surface area contributed by atoms with E-state index in [1.807, 2.05) is 24.6 Å². The van der Waals surface area contributed by atoms with Crippen molar-refractivity contribution in [3.05, 3.63) is 28.7 Å². The van der Waals surface area contributed by atoms with Crippen molar-refractivity contribution in [1.29, 1.82) is 0 Å². The molecule has 9 heteroatoms. The zero-order chi connectivity index (χ0) is 13.7. The van der Waals surface area contributed by atoms with E-state index in [0.717, 1.165) is 14.8 Å². The largest absolute Gasteiger partial charge is 0.263 e. The van der Waals surface area contributed by atoms with E-state index < -0.39 is 0 Å². The van der Waals surface area contributed by atoms with Crippen molar-refractivity contribution in [1.82, 2.24) is 29.6 Å². The van der Waals surface area contributed by atoms with Crippen LogP contribution in [0.15, 0.2) is 23.7 Å². The lowest BCUT2D eigenvalue weighted by molar-refractivity contribution is 0.764. The summed E-state index contributed by atoms with van der Waals surface area (Å²) in [6, 6.07) is 4.04. The molecule has 0 saturated carbocycles. The average molecular weight is 323 g/mol. The average Bonchev–Trinajstić information content (AvgIpc) is 3.14. The van der Waals surface area contributed by atoms with Crippen molar-refractivity contribution in [3.8, 4) is 21.4 Å². The van der Waals surface area contributed by atoms with Crippen LogP contribution in [0, 0.1) is 0 Å². The smallest absolute Gasteiger partial charge is 0.235 e. The predicted octanol–water partition coefficient (Wildman–Crippen LogP) is 2.97. The minimum Gasteiger partial charge on any atom is -0.263 e. The van der Waals surface area contributed by atoms with Gasteiger partial charge in [-0.05, 0) is 11.4 Å². The molecule has 6 nitrogen and oxygen atoms in total. The van der Waals surface area contributed by atoms with Gasteiger partial charge in [0, 0.05) is 7.05 Å². The maximum absolute atomic E-state index is 6.16. The zero-order valence-corrected chi connectivity index (χ0v) is 12.6. The summed E-state index contributed by atoms with van der Waals surface area (Å²) < 4.78 is 3.38. The van der Waals surface area contributed by atoms with Crippen LogP contribution in [0.1, 0.15) is 0 Å². The third-order valence-electron chi connectivity index (χ3n) is 2.83. The Morgan fingerprint density at radius 2 is 2.20 bits per heavy atom. The third-order valence-corrected chi connectivity index (χ3v) is 5.04. The summed E-state index contributed by atoms with van der Waals surface area (Å²) in [6.07, 6.45) is 1.59. The van der Waals surface area contributed by atoms with Crippen molar-refractivity contribution >= 4 is 39.2 Å². The van der Waals surface area contributed by atoms with Crippen LogP contribution in [-0.2, 0) is 7.05 Å². The van der Waals surface area contributed by atoms with E-state index >= 15 is 0 Å². The Hall–Kier alpha value is -1.77. The molecule has 0 amide bonds. The quantitative estimate of drug-likeness (QED) is 0.569. The number of fused-ring (bicyclic) bond motifs is 1. The van der Waals surface area contributed by atoms with Crippen molar-refractivity contribution < 1.29 is 0 Å². The Morgan fingerprint density at radius 3 is 2.90 bits per heavy atom. The fourth-order valence-electron chi connectivity index (χ4n) is 1.93. The van der Waals surface area contributed by atoms with Crippen molar-refractivity contribution in [2.45, 2.75) is 0 Å². The maximum atomic E-state index is 6.16. The van der Waals surface area contributed by atoms with Gasteiger partial charge >= 0.3 is 0 Å². The summed E-state index contributed by atoms with van der Waals surface area (Å²) in [5, 5.41) is 20.5. The molecule has 0 unspecified atom stereocenters. The summed E-state index contributed by atoms with van der Waals surface area (Å²) in [5.41, 5.74) is 0.710. The minimum atomic E-state index is 0.535. The highest BCUT2D eigenvalue weighted by Crippen LogP contribution is 2.32. The molecule has 0 aliphatic heterocycles. The van der Waals surface area contributed by atoms with E-state index in [-0.39, 0.29) is 0 Å². The van der Waals surface area contributed by atoms with E-state index in [2.05, 4.69) is 20.4 Å². The molecular formula is C11H7ClN6S2.